The monoisotopic (exact) mass is 420 g/mol. The van der Waals surface area contributed by atoms with E-state index in [-0.39, 0.29) is 17.4 Å². The molecule has 28 heavy (non-hydrogen) atoms. The summed E-state index contributed by atoms with van der Waals surface area (Å²) in [5.74, 6) is -0.146. The molecule has 0 aliphatic heterocycles. The molecule has 146 valence electrons. The molecule has 1 fully saturated rings. The predicted molar refractivity (Wildman–Crippen MR) is 108 cm³/mol. The van der Waals surface area contributed by atoms with Crippen molar-refractivity contribution in [3.05, 3.63) is 62.8 Å². The summed E-state index contributed by atoms with van der Waals surface area (Å²) in [6, 6.07) is 5.53. The molecule has 0 atom stereocenters. The van der Waals surface area contributed by atoms with E-state index in [1.54, 1.807) is 6.07 Å². The zero-order valence-corrected chi connectivity index (χ0v) is 17.1. The van der Waals surface area contributed by atoms with Gasteiger partial charge in [0.2, 0.25) is 0 Å². The Kier molecular flexibility index (Phi) is 5.06. The predicted octanol–water partition coefficient (Wildman–Crippen LogP) is 5.20. The van der Waals surface area contributed by atoms with Crippen molar-refractivity contribution >= 4 is 40.1 Å². The third-order valence-corrected chi connectivity index (χ3v) is 6.13. The molecule has 1 saturated carbocycles. The van der Waals surface area contributed by atoms with Crippen LogP contribution in [0.2, 0.25) is 10.2 Å². The summed E-state index contributed by atoms with van der Waals surface area (Å²) in [6.07, 6.45) is 4.11. The number of methoxy groups -OCH3 is 1. The summed E-state index contributed by atoms with van der Waals surface area (Å²) in [7, 11) is 3.22. The Morgan fingerprint density at radius 1 is 1.32 bits per heavy atom. The molecule has 1 aliphatic carbocycles. The van der Waals surface area contributed by atoms with Gasteiger partial charge in [0, 0.05) is 41.9 Å². The fourth-order valence-electron chi connectivity index (χ4n) is 3.52. The zero-order valence-electron chi connectivity index (χ0n) is 15.6. The second-order valence-corrected chi connectivity index (χ2v) is 7.94. The van der Waals surface area contributed by atoms with Gasteiger partial charge in [0.1, 0.15) is 11.0 Å². The van der Waals surface area contributed by atoms with Gasteiger partial charge < -0.3 is 9.30 Å². The first-order valence-corrected chi connectivity index (χ1v) is 9.81. The average Bonchev–Trinajstić information content (AvgIpc) is 3.47. The highest BCUT2D eigenvalue weighted by Crippen LogP contribution is 2.42. The highest BCUT2D eigenvalue weighted by atomic mass is 35.5. The minimum absolute atomic E-state index is 0.0149. The molecule has 0 unspecified atom stereocenters. The number of rotatable bonds is 5. The van der Waals surface area contributed by atoms with E-state index in [0.717, 1.165) is 29.6 Å². The van der Waals surface area contributed by atoms with Gasteiger partial charge in [-0.3, -0.25) is 4.79 Å². The van der Waals surface area contributed by atoms with Gasteiger partial charge in [0.05, 0.1) is 24.1 Å². The van der Waals surface area contributed by atoms with Crippen LogP contribution in [0.5, 0.6) is 0 Å². The number of pyridine rings is 1. The lowest BCUT2D eigenvalue weighted by Gasteiger charge is -2.11. The summed E-state index contributed by atoms with van der Waals surface area (Å²) in [6.45, 7) is 0. The zero-order chi connectivity index (χ0) is 20.0. The summed E-state index contributed by atoms with van der Waals surface area (Å²) < 4.78 is 21.3. The van der Waals surface area contributed by atoms with Crippen LogP contribution in [0.4, 0.5) is 4.39 Å². The molecular weight excluding hydrogens is 402 g/mol. The van der Waals surface area contributed by atoms with E-state index in [2.05, 4.69) is 11.1 Å². The Morgan fingerprint density at radius 3 is 2.75 bits per heavy atom. The molecule has 1 aromatic carbocycles. The van der Waals surface area contributed by atoms with Crippen LogP contribution in [0, 0.1) is 5.82 Å². The highest BCUT2D eigenvalue weighted by Gasteiger charge is 2.25. The van der Waals surface area contributed by atoms with Crippen molar-refractivity contribution in [2.45, 2.75) is 31.6 Å². The number of carbonyl (C=O) groups excluding carboxylic acids is 1. The molecule has 7 heteroatoms. The van der Waals surface area contributed by atoms with Crippen LogP contribution in [0.3, 0.4) is 0 Å². The number of hydrogen-bond acceptors (Lipinski definition) is 3. The fourth-order valence-corrected chi connectivity index (χ4v) is 4.05. The Balaban J connectivity index is 1.74. The molecule has 3 aromatic rings. The molecular formula is C21H19Cl2FN2O2. The van der Waals surface area contributed by atoms with E-state index in [0.29, 0.717) is 33.9 Å². The van der Waals surface area contributed by atoms with Gasteiger partial charge in [0.15, 0.2) is 0 Å². The number of benzene rings is 1. The van der Waals surface area contributed by atoms with E-state index in [1.807, 2.05) is 17.7 Å². The molecule has 2 aromatic heterocycles. The van der Waals surface area contributed by atoms with E-state index in [9.17, 15) is 9.18 Å². The van der Waals surface area contributed by atoms with Crippen LogP contribution >= 0.6 is 23.2 Å². The molecule has 4 rings (SSSR count). The molecule has 2 heterocycles. The Bertz CT molecular complexity index is 1090. The van der Waals surface area contributed by atoms with E-state index < -0.39 is 5.97 Å². The molecule has 0 radical (unpaired) electrons. The topological polar surface area (TPSA) is 44.1 Å². The van der Waals surface area contributed by atoms with Crippen molar-refractivity contribution < 1.29 is 13.9 Å². The van der Waals surface area contributed by atoms with E-state index in [4.69, 9.17) is 27.9 Å². The quantitative estimate of drug-likeness (QED) is 0.420. The average molecular weight is 421 g/mol. The Morgan fingerprint density at radius 2 is 2.07 bits per heavy atom. The SMILES string of the molecule is COC(=O)Cc1cnc(Cl)c(Cc2cc3c(F)cc(C4CC4)cc3n2C)c1Cl. The molecule has 4 nitrogen and oxygen atoms in total. The third-order valence-electron chi connectivity index (χ3n) is 5.33. The number of carbonyl (C=O) groups is 1. The van der Waals surface area contributed by atoms with E-state index in [1.165, 1.54) is 13.3 Å². The van der Waals surface area contributed by atoms with Gasteiger partial charge in [-0.25, -0.2) is 9.37 Å². The van der Waals surface area contributed by atoms with Crippen molar-refractivity contribution in [3.63, 3.8) is 0 Å². The van der Waals surface area contributed by atoms with Crippen LogP contribution < -0.4 is 0 Å². The number of fused-ring (bicyclic) bond motifs is 1. The minimum Gasteiger partial charge on any atom is -0.469 e. The van der Waals surface area contributed by atoms with Gasteiger partial charge in [-0.15, -0.1) is 0 Å². The number of ether oxygens (including phenoxy) is 1. The lowest BCUT2D eigenvalue weighted by Crippen LogP contribution is -2.07. The molecule has 0 amide bonds. The number of aryl methyl sites for hydroxylation is 1. The maximum absolute atomic E-state index is 14.6. The van der Waals surface area contributed by atoms with E-state index >= 15 is 0 Å². The first-order chi connectivity index (χ1) is 13.4. The lowest BCUT2D eigenvalue weighted by molar-refractivity contribution is -0.139. The van der Waals surface area contributed by atoms with Gasteiger partial charge >= 0.3 is 5.97 Å². The van der Waals surface area contributed by atoms with Crippen molar-refractivity contribution in [2.75, 3.05) is 7.11 Å². The minimum atomic E-state index is -0.406. The number of esters is 1. The van der Waals surface area contributed by atoms with Crippen LogP contribution in [-0.2, 0) is 29.4 Å². The van der Waals surface area contributed by atoms with Crippen molar-refractivity contribution in [1.82, 2.24) is 9.55 Å². The maximum atomic E-state index is 14.6. The number of halogens is 3. The fraction of sp³-hybridized carbons (Fsp3) is 0.333. The second kappa shape index (κ2) is 7.37. The molecule has 1 aliphatic rings. The molecule has 0 bridgehead atoms. The van der Waals surface area contributed by atoms with Crippen LogP contribution in [0.1, 0.15) is 41.1 Å². The van der Waals surface area contributed by atoms with Gasteiger partial charge in [0.25, 0.3) is 0 Å². The number of nitrogens with zero attached hydrogens (tertiary/aromatic N) is 2. The smallest absolute Gasteiger partial charge is 0.310 e. The van der Waals surface area contributed by atoms with Crippen LogP contribution in [0.15, 0.2) is 24.4 Å². The summed E-state index contributed by atoms with van der Waals surface area (Å²) in [5.41, 5.74) is 3.92. The van der Waals surface area contributed by atoms with Crippen LogP contribution in [-0.4, -0.2) is 22.6 Å². The number of hydrogen-bond donors (Lipinski definition) is 0. The summed E-state index contributed by atoms with van der Waals surface area (Å²) in [5, 5.41) is 1.23. The Hall–Kier alpha value is -2.11. The van der Waals surface area contributed by atoms with Crippen molar-refractivity contribution in [2.24, 2.45) is 7.05 Å². The molecule has 0 saturated heterocycles. The Labute approximate surface area is 172 Å². The highest BCUT2D eigenvalue weighted by molar-refractivity contribution is 6.36. The van der Waals surface area contributed by atoms with Gasteiger partial charge in [-0.1, -0.05) is 23.2 Å². The van der Waals surface area contributed by atoms with Crippen molar-refractivity contribution in [1.29, 1.82) is 0 Å². The first kappa shape index (κ1) is 19.2. The maximum Gasteiger partial charge on any atom is 0.310 e. The van der Waals surface area contributed by atoms with Crippen LogP contribution in [0.25, 0.3) is 10.9 Å². The normalized spacial score (nSPS) is 13.9. The van der Waals surface area contributed by atoms with Gasteiger partial charge in [-0.05, 0) is 42.5 Å². The summed E-state index contributed by atoms with van der Waals surface area (Å²) in [4.78, 5) is 15.8. The molecule has 0 N–H and O–H groups in total. The first-order valence-electron chi connectivity index (χ1n) is 9.05. The lowest BCUT2D eigenvalue weighted by atomic mass is 10.1. The second-order valence-electron chi connectivity index (χ2n) is 7.20. The largest absolute Gasteiger partial charge is 0.469 e. The van der Waals surface area contributed by atoms with Crippen molar-refractivity contribution in [3.8, 4) is 0 Å². The third kappa shape index (κ3) is 3.49. The summed E-state index contributed by atoms with van der Waals surface area (Å²) >= 11 is 12.8. The molecule has 0 spiro atoms. The van der Waals surface area contributed by atoms with Gasteiger partial charge in [-0.2, -0.15) is 0 Å². The standard InChI is InChI=1S/C21H19Cl2FN2O2/c1-26-14(8-15-17(24)5-12(6-18(15)26)11-3-4-11)9-16-20(22)13(7-19(27)28-2)10-25-21(16)23/h5-6,8,10-11H,3-4,7,9H2,1-2H3. The number of aromatic nitrogens is 2.